The number of hydrogen-bond donors (Lipinski definition) is 3. The third kappa shape index (κ3) is 5.78. The fraction of sp³-hybridized carbons (Fsp3) is 0.647. The quantitative estimate of drug-likeness (QED) is 0.526. The number of alkyl halides is 2. The van der Waals surface area contributed by atoms with E-state index >= 15 is 0 Å². The number of carbonyl (C=O) groups is 2. The SMILES string of the molecule is CCOC(=O)Nc1ccn(C(=O)C(F)(F)[C@H](OC2CCCCO2)[C@H](O)CO)c(=O)n1. The van der Waals surface area contributed by atoms with E-state index in [9.17, 15) is 28.3 Å². The van der Waals surface area contributed by atoms with Crippen LogP contribution in [0.4, 0.5) is 19.4 Å². The van der Waals surface area contributed by atoms with Gasteiger partial charge in [-0.1, -0.05) is 0 Å². The number of carbonyl (C=O) groups excluding carboxylic acids is 2. The van der Waals surface area contributed by atoms with Crippen LogP contribution in [0.3, 0.4) is 0 Å². The van der Waals surface area contributed by atoms with Gasteiger partial charge in [-0.25, -0.2) is 14.2 Å². The second-order valence-electron chi connectivity index (χ2n) is 6.34. The standard InChI is InChI=1S/C17H23F2N3O8/c1-2-28-16(27)21-11-6-7-22(15(26)20-11)14(25)17(18,19)13(10(24)9-23)30-12-5-3-4-8-29-12/h6-7,10,12-13,23-24H,2-5,8-9H2,1H3,(H,20,21,26,27)/t10-,12?,13-/m1/s1. The van der Waals surface area contributed by atoms with Crippen molar-refractivity contribution in [3.05, 3.63) is 22.7 Å². The first-order valence-electron chi connectivity index (χ1n) is 9.22. The second-order valence-corrected chi connectivity index (χ2v) is 6.34. The van der Waals surface area contributed by atoms with E-state index in [-0.39, 0.29) is 30.0 Å². The monoisotopic (exact) mass is 435 g/mol. The molecule has 1 saturated heterocycles. The summed E-state index contributed by atoms with van der Waals surface area (Å²) >= 11 is 0. The van der Waals surface area contributed by atoms with Crippen molar-refractivity contribution in [2.24, 2.45) is 0 Å². The number of aliphatic hydroxyl groups excluding tert-OH is 2. The molecule has 1 aromatic rings. The Bertz CT molecular complexity index is 797. The molecule has 2 heterocycles. The number of amides is 1. The van der Waals surface area contributed by atoms with Gasteiger partial charge < -0.3 is 24.4 Å². The van der Waals surface area contributed by atoms with Crippen LogP contribution in [-0.2, 0) is 14.2 Å². The number of nitrogens with one attached hydrogen (secondary N) is 1. The molecule has 0 radical (unpaired) electrons. The molecule has 0 aromatic carbocycles. The van der Waals surface area contributed by atoms with Gasteiger partial charge in [0.05, 0.1) is 13.2 Å². The zero-order valence-corrected chi connectivity index (χ0v) is 16.1. The summed E-state index contributed by atoms with van der Waals surface area (Å²) in [5.41, 5.74) is -1.40. The average Bonchev–Trinajstić information content (AvgIpc) is 2.72. The summed E-state index contributed by atoms with van der Waals surface area (Å²) in [6.45, 7) is 0.733. The van der Waals surface area contributed by atoms with E-state index in [4.69, 9.17) is 14.6 Å². The molecule has 1 aromatic heterocycles. The molecular weight excluding hydrogens is 412 g/mol. The van der Waals surface area contributed by atoms with Crippen LogP contribution in [0, 0.1) is 0 Å². The van der Waals surface area contributed by atoms with Gasteiger partial charge in [-0.3, -0.25) is 10.1 Å². The van der Waals surface area contributed by atoms with Crippen LogP contribution in [0.1, 0.15) is 31.0 Å². The number of aliphatic hydroxyl groups is 2. The fourth-order valence-electron chi connectivity index (χ4n) is 2.68. The van der Waals surface area contributed by atoms with Crippen LogP contribution in [0.5, 0.6) is 0 Å². The molecule has 3 N–H and O–H groups in total. The molecule has 13 heteroatoms. The lowest BCUT2D eigenvalue weighted by Gasteiger charge is -2.33. The van der Waals surface area contributed by atoms with Crippen molar-refractivity contribution in [3.63, 3.8) is 0 Å². The van der Waals surface area contributed by atoms with Crippen molar-refractivity contribution in [3.8, 4) is 0 Å². The molecule has 30 heavy (non-hydrogen) atoms. The molecule has 1 aliphatic rings. The highest BCUT2D eigenvalue weighted by Crippen LogP contribution is 2.29. The van der Waals surface area contributed by atoms with E-state index in [2.05, 4.69) is 15.0 Å². The largest absolute Gasteiger partial charge is 0.450 e. The highest BCUT2D eigenvalue weighted by Gasteiger charge is 2.53. The van der Waals surface area contributed by atoms with Gasteiger partial charge in [-0.2, -0.15) is 13.8 Å². The first-order valence-corrected chi connectivity index (χ1v) is 9.22. The van der Waals surface area contributed by atoms with Crippen LogP contribution in [0.25, 0.3) is 0 Å². The molecule has 1 amide bonds. The van der Waals surface area contributed by atoms with Crippen molar-refractivity contribution in [1.29, 1.82) is 0 Å². The number of anilines is 1. The average molecular weight is 435 g/mol. The maximum absolute atomic E-state index is 14.9. The van der Waals surface area contributed by atoms with Gasteiger partial charge in [0.1, 0.15) is 11.9 Å². The summed E-state index contributed by atoms with van der Waals surface area (Å²) < 4.78 is 44.6. The van der Waals surface area contributed by atoms with Crippen molar-refractivity contribution >= 4 is 17.8 Å². The molecule has 3 atom stereocenters. The molecule has 0 bridgehead atoms. The first kappa shape index (κ1) is 23.8. The molecule has 1 aliphatic heterocycles. The fourth-order valence-corrected chi connectivity index (χ4v) is 2.68. The predicted octanol–water partition coefficient (Wildman–Crippen LogP) is 0.352. The Balaban J connectivity index is 2.23. The Morgan fingerprint density at radius 1 is 1.47 bits per heavy atom. The van der Waals surface area contributed by atoms with Gasteiger partial charge in [-0.05, 0) is 32.3 Å². The number of rotatable bonds is 8. The van der Waals surface area contributed by atoms with Crippen LogP contribution in [0.2, 0.25) is 0 Å². The molecular formula is C17H23F2N3O8. The lowest BCUT2D eigenvalue weighted by Crippen LogP contribution is -2.55. The van der Waals surface area contributed by atoms with Gasteiger partial charge in [0.25, 0.3) is 0 Å². The van der Waals surface area contributed by atoms with Gasteiger partial charge in [0, 0.05) is 12.8 Å². The highest BCUT2D eigenvalue weighted by atomic mass is 19.3. The lowest BCUT2D eigenvalue weighted by atomic mass is 10.1. The van der Waals surface area contributed by atoms with E-state index < -0.39 is 48.7 Å². The third-order valence-electron chi connectivity index (χ3n) is 4.14. The first-order chi connectivity index (χ1) is 14.2. The Morgan fingerprint density at radius 2 is 2.20 bits per heavy atom. The van der Waals surface area contributed by atoms with Crippen LogP contribution in [-0.4, -0.2) is 76.0 Å². The van der Waals surface area contributed by atoms with Crippen molar-refractivity contribution < 1.29 is 42.8 Å². The predicted molar refractivity (Wildman–Crippen MR) is 96.3 cm³/mol. The summed E-state index contributed by atoms with van der Waals surface area (Å²) in [4.78, 5) is 39.1. The number of nitrogens with zero attached hydrogens (tertiary/aromatic N) is 2. The molecule has 2 rings (SSSR count). The molecule has 0 aliphatic carbocycles. The third-order valence-corrected chi connectivity index (χ3v) is 4.14. The van der Waals surface area contributed by atoms with E-state index in [0.29, 0.717) is 19.0 Å². The summed E-state index contributed by atoms with van der Waals surface area (Å²) in [7, 11) is 0. The molecule has 1 fully saturated rings. The summed E-state index contributed by atoms with van der Waals surface area (Å²) in [5.74, 6) is -6.76. The van der Waals surface area contributed by atoms with E-state index in [1.165, 1.54) is 0 Å². The minimum absolute atomic E-state index is 0.0124. The summed E-state index contributed by atoms with van der Waals surface area (Å²) in [6, 6.07) is 0.939. The van der Waals surface area contributed by atoms with Crippen molar-refractivity contribution in [2.45, 2.75) is 50.6 Å². The topological polar surface area (TPSA) is 149 Å². The van der Waals surface area contributed by atoms with Gasteiger partial charge in [-0.15, -0.1) is 0 Å². The van der Waals surface area contributed by atoms with Crippen LogP contribution >= 0.6 is 0 Å². The minimum atomic E-state index is -4.41. The molecule has 1 unspecified atom stereocenters. The maximum atomic E-state index is 14.9. The van der Waals surface area contributed by atoms with Gasteiger partial charge in [0.15, 0.2) is 12.4 Å². The van der Waals surface area contributed by atoms with Gasteiger partial charge >= 0.3 is 23.6 Å². The van der Waals surface area contributed by atoms with E-state index in [1.807, 2.05) is 0 Å². The zero-order valence-electron chi connectivity index (χ0n) is 16.1. The normalized spacial score (nSPS) is 19.0. The Kier molecular flexibility index (Phi) is 8.34. The molecule has 0 spiro atoms. The minimum Gasteiger partial charge on any atom is -0.450 e. The summed E-state index contributed by atoms with van der Waals surface area (Å²) in [5, 5.41) is 21.0. The Hall–Kier alpha value is -2.48. The molecule has 0 saturated carbocycles. The zero-order chi connectivity index (χ0) is 22.3. The Morgan fingerprint density at radius 3 is 2.77 bits per heavy atom. The maximum Gasteiger partial charge on any atom is 0.412 e. The van der Waals surface area contributed by atoms with Crippen molar-refractivity contribution in [2.75, 3.05) is 25.1 Å². The second kappa shape index (κ2) is 10.5. The Labute approximate surface area is 169 Å². The van der Waals surface area contributed by atoms with E-state index in [0.717, 1.165) is 6.07 Å². The molecule has 168 valence electrons. The van der Waals surface area contributed by atoms with Crippen molar-refractivity contribution in [1.82, 2.24) is 9.55 Å². The summed E-state index contributed by atoms with van der Waals surface area (Å²) in [6.07, 6.45) is -4.34. The smallest absolute Gasteiger partial charge is 0.412 e. The van der Waals surface area contributed by atoms with Gasteiger partial charge in [0.2, 0.25) is 0 Å². The highest BCUT2D eigenvalue weighted by molar-refractivity contribution is 5.87. The van der Waals surface area contributed by atoms with E-state index in [1.54, 1.807) is 6.92 Å². The molecule has 11 nitrogen and oxygen atoms in total. The van der Waals surface area contributed by atoms with Crippen LogP contribution in [0.15, 0.2) is 17.1 Å². The van der Waals surface area contributed by atoms with Crippen LogP contribution < -0.4 is 11.0 Å². The lowest BCUT2D eigenvalue weighted by molar-refractivity contribution is -0.252. The number of ether oxygens (including phenoxy) is 3. The number of aromatic nitrogens is 2. The number of halogens is 2. The number of hydrogen-bond acceptors (Lipinski definition) is 9.